The number of nitrogens with zero attached hydrogens (tertiary/aromatic N) is 2. The van der Waals surface area contributed by atoms with E-state index in [1.54, 1.807) is 23.3 Å². The van der Waals surface area contributed by atoms with E-state index in [9.17, 15) is 4.79 Å². The van der Waals surface area contributed by atoms with Gasteiger partial charge in [0.15, 0.2) is 0 Å². The van der Waals surface area contributed by atoms with Crippen LogP contribution in [0.5, 0.6) is 11.5 Å². The molecule has 0 radical (unpaired) electrons. The van der Waals surface area contributed by atoms with Gasteiger partial charge in [-0.25, -0.2) is 4.98 Å². The Kier molecular flexibility index (Phi) is 4.38. The van der Waals surface area contributed by atoms with Gasteiger partial charge in [0, 0.05) is 18.1 Å². The smallest absolute Gasteiger partial charge is 0.247 e. The summed E-state index contributed by atoms with van der Waals surface area (Å²) in [5, 5.41) is 2.88. The number of amides is 1. The molecule has 0 bridgehead atoms. The lowest BCUT2D eigenvalue weighted by Gasteiger charge is -2.13. The molecule has 23 heavy (non-hydrogen) atoms. The highest BCUT2D eigenvalue weighted by atomic mass is 16.5. The molecule has 1 N–H and O–H groups in total. The third-order valence-electron chi connectivity index (χ3n) is 3.45. The average Bonchev–Trinajstić information content (AvgIpc) is 3.11. The van der Waals surface area contributed by atoms with Gasteiger partial charge in [-0.05, 0) is 43.3 Å². The maximum Gasteiger partial charge on any atom is 0.247 e. The number of nitrogens with one attached hydrogen (secondary N) is 1. The topological polar surface area (TPSA) is 56.1 Å². The number of hydrogen-bond donors (Lipinski definition) is 1. The molecule has 2 aromatic carbocycles. The van der Waals surface area contributed by atoms with Gasteiger partial charge >= 0.3 is 0 Å². The highest BCUT2D eigenvalue weighted by Crippen LogP contribution is 2.23. The van der Waals surface area contributed by atoms with Gasteiger partial charge < -0.3 is 14.6 Å². The van der Waals surface area contributed by atoms with Gasteiger partial charge in [0.25, 0.3) is 0 Å². The molecule has 1 unspecified atom stereocenters. The molecule has 116 valence electrons. The maximum absolute atomic E-state index is 12.2. The number of anilines is 1. The first kappa shape index (κ1) is 14.8. The van der Waals surface area contributed by atoms with E-state index in [2.05, 4.69) is 10.3 Å². The molecule has 0 aliphatic rings. The van der Waals surface area contributed by atoms with Gasteiger partial charge in [-0.3, -0.25) is 4.79 Å². The van der Waals surface area contributed by atoms with Crippen molar-refractivity contribution in [1.29, 1.82) is 0 Å². The molecule has 0 saturated heterocycles. The molecule has 1 amide bonds. The summed E-state index contributed by atoms with van der Waals surface area (Å²) in [4.78, 5) is 16.1. The molecule has 3 rings (SSSR count). The quantitative estimate of drug-likeness (QED) is 0.778. The molecular formula is C18H17N3O2. The van der Waals surface area contributed by atoms with E-state index in [1.165, 1.54) is 0 Å². The highest BCUT2D eigenvalue weighted by Gasteiger charge is 2.14. The van der Waals surface area contributed by atoms with Gasteiger partial charge in [0.05, 0.1) is 6.33 Å². The van der Waals surface area contributed by atoms with Crippen molar-refractivity contribution in [2.75, 3.05) is 5.32 Å². The van der Waals surface area contributed by atoms with Crippen LogP contribution in [-0.2, 0) is 4.79 Å². The fourth-order valence-corrected chi connectivity index (χ4v) is 2.11. The first-order valence-corrected chi connectivity index (χ1v) is 7.33. The van der Waals surface area contributed by atoms with Crippen LogP contribution in [0.2, 0.25) is 0 Å². The minimum atomic E-state index is -0.322. The molecule has 5 nitrogen and oxygen atoms in total. The van der Waals surface area contributed by atoms with Crippen molar-refractivity contribution in [2.24, 2.45) is 0 Å². The molecule has 0 aliphatic carbocycles. The van der Waals surface area contributed by atoms with E-state index in [0.29, 0.717) is 0 Å². The van der Waals surface area contributed by atoms with Gasteiger partial charge in [0.1, 0.15) is 17.5 Å². The number of ether oxygens (including phenoxy) is 1. The van der Waals surface area contributed by atoms with Gasteiger partial charge in [-0.15, -0.1) is 0 Å². The fourth-order valence-electron chi connectivity index (χ4n) is 2.11. The third kappa shape index (κ3) is 3.77. The summed E-state index contributed by atoms with van der Waals surface area (Å²) in [6.07, 6.45) is 5.04. The number of carbonyl (C=O) groups is 1. The normalized spacial score (nSPS) is 11.7. The molecular weight excluding hydrogens is 290 g/mol. The fraction of sp³-hybridized carbons (Fsp3) is 0.111. The summed E-state index contributed by atoms with van der Waals surface area (Å²) in [6.45, 7) is 1.82. The number of aromatic nitrogens is 2. The molecule has 0 fully saturated rings. The van der Waals surface area contributed by atoms with Crippen molar-refractivity contribution in [3.05, 3.63) is 73.3 Å². The second kappa shape index (κ2) is 6.79. The van der Waals surface area contributed by atoms with Gasteiger partial charge in [0.2, 0.25) is 5.91 Å². The SMILES string of the molecule is CC(C(=O)Nc1ccc(Oc2ccccc2)cc1)n1ccnc1. The lowest BCUT2D eigenvalue weighted by molar-refractivity contribution is -0.118. The van der Waals surface area contributed by atoms with Crippen molar-refractivity contribution in [2.45, 2.75) is 13.0 Å². The zero-order valence-electron chi connectivity index (χ0n) is 12.7. The third-order valence-corrected chi connectivity index (χ3v) is 3.45. The first-order valence-electron chi connectivity index (χ1n) is 7.33. The number of hydrogen-bond acceptors (Lipinski definition) is 3. The van der Waals surface area contributed by atoms with Crippen molar-refractivity contribution >= 4 is 11.6 Å². The van der Waals surface area contributed by atoms with Gasteiger partial charge in [-0.2, -0.15) is 0 Å². The van der Waals surface area contributed by atoms with Crippen LogP contribution in [0.25, 0.3) is 0 Å². The van der Waals surface area contributed by atoms with Crippen LogP contribution in [0.3, 0.4) is 0 Å². The van der Waals surface area contributed by atoms with Crippen LogP contribution < -0.4 is 10.1 Å². The summed E-state index contributed by atoms with van der Waals surface area (Å²) in [5.41, 5.74) is 0.724. The van der Waals surface area contributed by atoms with Crippen LogP contribution in [0, 0.1) is 0 Å². The molecule has 1 aromatic heterocycles. The predicted molar refractivity (Wildman–Crippen MR) is 88.5 cm³/mol. The molecule has 0 spiro atoms. The van der Waals surface area contributed by atoms with Gasteiger partial charge in [-0.1, -0.05) is 18.2 Å². The van der Waals surface area contributed by atoms with Crippen LogP contribution in [0.1, 0.15) is 13.0 Å². The number of benzene rings is 2. The Balaban J connectivity index is 1.62. The second-order valence-corrected chi connectivity index (χ2v) is 5.11. The summed E-state index contributed by atoms with van der Waals surface area (Å²) < 4.78 is 7.47. The second-order valence-electron chi connectivity index (χ2n) is 5.11. The van der Waals surface area contributed by atoms with Crippen LogP contribution in [0.15, 0.2) is 73.3 Å². The van der Waals surface area contributed by atoms with E-state index in [-0.39, 0.29) is 11.9 Å². The first-order chi connectivity index (χ1) is 11.2. The Morgan fingerprint density at radius 2 is 1.78 bits per heavy atom. The molecule has 0 saturated carbocycles. The molecule has 3 aromatic rings. The number of carbonyl (C=O) groups excluding carboxylic acids is 1. The van der Waals surface area contributed by atoms with E-state index < -0.39 is 0 Å². The van der Waals surface area contributed by atoms with E-state index in [4.69, 9.17) is 4.74 Å². The Hall–Kier alpha value is -3.08. The highest BCUT2D eigenvalue weighted by molar-refractivity contribution is 5.93. The minimum Gasteiger partial charge on any atom is -0.457 e. The van der Waals surface area contributed by atoms with E-state index in [1.807, 2.05) is 61.5 Å². The van der Waals surface area contributed by atoms with E-state index >= 15 is 0 Å². The largest absolute Gasteiger partial charge is 0.457 e. The minimum absolute atomic E-state index is 0.0975. The lowest BCUT2D eigenvalue weighted by Crippen LogP contribution is -2.22. The van der Waals surface area contributed by atoms with Crippen LogP contribution >= 0.6 is 0 Å². The van der Waals surface area contributed by atoms with Crippen LogP contribution in [-0.4, -0.2) is 15.5 Å². The zero-order valence-corrected chi connectivity index (χ0v) is 12.7. The monoisotopic (exact) mass is 307 g/mol. The average molecular weight is 307 g/mol. The van der Waals surface area contributed by atoms with Crippen LogP contribution in [0.4, 0.5) is 5.69 Å². The maximum atomic E-state index is 12.2. The summed E-state index contributed by atoms with van der Waals surface area (Å²) in [7, 11) is 0. The number of para-hydroxylation sites is 1. The van der Waals surface area contributed by atoms with Crippen molar-refractivity contribution in [3.63, 3.8) is 0 Å². The molecule has 5 heteroatoms. The molecule has 0 aliphatic heterocycles. The zero-order chi connectivity index (χ0) is 16.1. The Morgan fingerprint density at radius 3 is 2.43 bits per heavy atom. The summed E-state index contributed by atoms with van der Waals surface area (Å²) in [6, 6.07) is 16.5. The molecule has 1 atom stereocenters. The number of rotatable bonds is 5. The van der Waals surface area contributed by atoms with Crippen molar-refractivity contribution in [3.8, 4) is 11.5 Å². The standard InChI is InChI=1S/C18H17N3O2/c1-14(21-12-11-19-13-21)18(22)20-15-7-9-17(10-8-15)23-16-5-3-2-4-6-16/h2-14H,1H3,(H,20,22). The summed E-state index contributed by atoms with van der Waals surface area (Å²) in [5.74, 6) is 1.40. The Bertz CT molecular complexity index is 753. The Labute approximate surface area is 134 Å². The van der Waals surface area contributed by atoms with E-state index in [0.717, 1.165) is 17.2 Å². The van der Waals surface area contributed by atoms with Crippen molar-refractivity contribution < 1.29 is 9.53 Å². The Morgan fingerprint density at radius 1 is 1.09 bits per heavy atom. The molecule has 1 heterocycles. The summed E-state index contributed by atoms with van der Waals surface area (Å²) >= 11 is 0. The number of imidazole rings is 1. The predicted octanol–water partition coefficient (Wildman–Crippen LogP) is 3.88. The lowest BCUT2D eigenvalue weighted by atomic mass is 10.2. The van der Waals surface area contributed by atoms with Crippen molar-refractivity contribution in [1.82, 2.24) is 9.55 Å².